The highest BCUT2D eigenvalue weighted by Gasteiger charge is 2.32. The maximum atomic E-state index is 14.5. The van der Waals surface area contributed by atoms with Gasteiger partial charge in [-0.05, 0) is 85.1 Å². The van der Waals surface area contributed by atoms with E-state index in [-0.39, 0.29) is 11.5 Å². The number of fused-ring (bicyclic) bond motifs is 2. The summed E-state index contributed by atoms with van der Waals surface area (Å²) < 4.78 is 30.6. The molecular weight excluding hydrogens is 510 g/mol. The molecule has 0 radical (unpaired) electrons. The minimum atomic E-state index is -2.62. The molecule has 0 aliphatic carbocycles. The number of benzene rings is 2. The number of nitriles is 1. The minimum absolute atomic E-state index is 0.0154. The van der Waals surface area contributed by atoms with Gasteiger partial charge in [0.15, 0.2) is 0 Å². The van der Waals surface area contributed by atoms with Crippen molar-refractivity contribution in [3.05, 3.63) is 64.5 Å². The monoisotopic (exact) mass is 544 g/mol. The maximum absolute atomic E-state index is 14.5. The van der Waals surface area contributed by atoms with Crippen molar-refractivity contribution in [2.75, 3.05) is 31.1 Å². The summed E-state index contributed by atoms with van der Waals surface area (Å²) >= 11 is 0. The van der Waals surface area contributed by atoms with Crippen molar-refractivity contribution in [2.24, 2.45) is 7.05 Å². The van der Waals surface area contributed by atoms with E-state index >= 15 is 0 Å². The Labute approximate surface area is 233 Å². The van der Waals surface area contributed by atoms with E-state index in [1.54, 1.807) is 37.1 Å². The summed E-state index contributed by atoms with van der Waals surface area (Å²) in [7, 11) is 1.79. The van der Waals surface area contributed by atoms with E-state index in [2.05, 4.69) is 33.1 Å². The van der Waals surface area contributed by atoms with E-state index in [9.17, 15) is 13.6 Å². The molecule has 1 amide bonds. The SMILES string of the molecule is CC(=O)N1Cc2cc(C3CCN(CC#N)CC3)cc(N3CCCc4cc(-c5cnn(C)c5)c(C(F)F)cc43)c2C1. The first-order chi connectivity index (χ1) is 19.3. The van der Waals surface area contributed by atoms with Gasteiger partial charge in [-0.15, -0.1) is 0 Å². The third kappa shape index (κ3) is 4.86. The summed E-state index contributed by atoms with van der Waals surface area (Å²) in [6, 6.07) is 10.4. The van der Waals surface area contributed by atoms with E-state index in [1.807, 2.05) is 11.0 Å². The van der Waals surface area contributed by atoms with Crippen LogP contribution in [-0.4, -0.2) is 51.7 Å². The molecule has 4 heterocycles. The van der Waals surface area contributed by atoms with Gasteiger partial charge in [-0.25, -0.2) is 8.78 Å². The molecule has 0 bridgehead atoms. The average molecular weight is 545 g/mol. The Hall–Kier alpha value is -3.77. The number of carbonyl (C=O) groups is 1. The number of carbonyl (C=O) groups excluding carboxylic acids is 1. The molecule has 0 spiro atoms. The predicted octanol–water partition coefficient (Wildman–Crippen LogP) is 5.67. The molecule has 1 fully saturated rings. The van der Waals surface area contributed by atoms with Crippen molar-refractivity contribution < 1.29 is 13.6 Å². The molecule has 1 saturated heterocycles. The molecule has 40 heavy (non-hydrogen) atoms. The number of halogens is 2. The molecule has 0 unspecified atom stereocenters. The third-order valence-electron chi connectivity index (χ3n) is 8.76. The number of hydrogen-bond acceptors (Lipinski definition) is 5. The van der Waals surface area contributed by atoms with Gasteiger partial charge in [0.25, 0.3) is 6.43 Å². The zero-order valence-electron chi connectivity index (χ0n) is 23.0. The lowest BCUT2D eigenvalue weighted by Gasteiger charge is -2.35. The smallest absolute Gasteiger partial charge is 0.264 e. The highest BCUT2D eigenvalue weighted by molar-refractivity contribution is 5.80. The quantitative estimate of drug-likeness (QED) is 0.387. The number of piperidine rings is 1. The number of rotatable bonds is 5. The summed E-state index contributed by atoms with van der Waals surface area (Å²) in [5.74, 6) is 0.396. The van der Waals surface area contributed by atoms with Gasteiger partial charge in [0.2, 0.25) is 5.91 Å². The molecule has 0 atom stereocenters. The average Bonchev–Trinajstić information content (AvgIpc) is 3.58. The fourth-order valence-corrected chi connectivity index (χ4v) is 6.63. The van der Waals surface area contributed by atoms with Crippen LogP contribution in [-0.2, 0) is 31.4 Å². The summed E-state index contributed by atoms with van der Waals surface area (Å²) in [6.07, 6.45) is 4.48. The van der Waals surface area contributed by atoms with Crippen LogP contribution in [0.4, 0.5) is 20.2 Å². The Kier molecular flexibility index (Phi) is 7.05. The number of anilines is 2. The number of alkyl halides is 2. The molecule has 0 saturated carbocycles. The van der Waals surface area contributed by atoms with Gasteiger partial charge in [-0.3, -0.25) is 14.4 Å². The topological polar surface area (TPSA) is 68.4 Å². The Morgan fingerprint density at radius 1 is 1.10 bits per heavy atom. The Morgan fingerprint density at radius 3 is 2.58 bits per heavy atom. The third-order valence-corrected chi connectivity index (χ3v) is 8.76. The van der Waals surface area contributed by atoms with Crippen LogP contribution in [0.25, 0.3) is 11.1 Å². The molecule has 208 valence electrons. The summed E-state index contributed by atoms with van der Waals surface area (Å²) in [5, 5.41) is 13.3. The number of amides is 1. The second kappa shape index (κ2) is 10.7. The first-order valence-electron chi connectivity index (χ1n) is 14.0. The van der Waals surface area contributed by atoms with Gasteiger partial charge in [0.05, 0.1) is 18.8 Å². The van der Waals surface area contributed by atoms with Crippen molar-refractivity contribution in [3.63, 3.8) is 0 Å². The Balaban J connectivity index is 1.43. The molecule has 3 aliphatic rings. The van der Waals surface area contributed by atoms with Gasteiger partial charge in [0, 0.05) is 67.9 Å². The zero-order chi connectivity index (χ0) is 28.0. The number of aromatic nitrogens is 2. The maximum Gasteiger partial charge on any atom is 0.264 e. The standard InChI is InChI=1S/C31H34F2N6O/c1-20(40)38-18-24-12-23(21-5-9-37(10-6-21)11-7-34)14-30(28(24)19-38)39-8-3-4-22-13-26(25-16-35-36(2)17-25)27(31(32)33)15-29(22)39/h12-17,21,31H,3-6,8-11,18-19H2,1-2H3. The van der Waals surface area contributed by atoms with E-state index in [0.29, 0.717) is 36.7 Å². The first kappa shape index (κ1) is 26.5. The molecular formula is C31H34F2N6O. The van der Waals surface area contributed by atoms with Crippen LogP contribution in [0.2, 0.25) is 0 Å². The lowest BCUT2D eigenvalue weighted by molar-refractivity contribution is -0.129. The highest BCUT2D eigenvalue weighted by atomic mass is 19.3. The normalized spacial score (nSPS) is 17.7. The number of hydrogen-bond donors (Lipinski definition) is 0. The van der Waals surface area contributed by atoms with E-state index in [4.69, 9.17) is 5.26 Å². The van der Waals surface area contributed by atoms with Gasteiger partial charge in [-0.2, -0.15) is 10.4 Å². The van der Waals surface area contributed by atoms with Crippen LogP contribution in [0, 0.1) is 11.3 Å². The van der Waals surface area contributed by atoms with Gasteiger partial charge in [0.1, 0.15) is 0 Å². The fourth-order valence-electron chi connectivity index (χ4n) is 6.63. The van der Waals surface area contributed by atoms with Crippen LogP contribution in [0.3, 0.4) is 0 Å². The molecule has 3 aromatic rings. The van der Waals surface area contributed by atoms with Crippen molar-refractivity contribution in [2.45, 2.75) is 58.0 Å². The van der Waals surface area contributed by atoms with Gasteiger partial charge < -0.3 is 9.80 Å². The molecule has 0 N–H and O–H groups in total. The van der Waals surface area contributed by atoms with E-state index in [1.165, 1.54) is 5.56 Å². The first-order valence-corrected chi connectivity index (χ1v) is 14.0. The van der Waals surface area contributed by atoms with Crippen molar-refractivity contribution in [3.8, 4) is 17.2 Å². The lowest BCUT2D eigenvalue weighted by Crippen LogP contribution is -2.33. The molecule has 7 nitrogen and oxygen atoms in total. The number of aryl methyl sites for hydroxylation is 2. The number of nitrogens with zero attached hydrogens (tertiary/aromatic N) is 6. The highest BCUT2D eigenvalue weighted by Crippen LogP contribution is 2.45. The zero-order valence-corrected chi connectivity index (χ0v) is 23.0. The Bertz CT molecular complexity index is 1480. The second-order valence-corrected chi connectivity index (χ2v) is 11.3. The predicted molar refractivity (Wildman–Crippen MR) is 149 cm³/mol. The van der Waals surface area contributed by atoms with Crippen LogP contribution < -0.4 is 4.90 Å². The van der Waals surface area contributed by atoms with Crippen molar-refractivity contribution in [1.29, 1.82) is 5.26 Å². The van der Waals surface area contributed by atoms with Crippen molar-refractivity contribution >= 4 is 17.3 Å². The van der Waals surface area contributed by atoms with Gasteiger partial charge >= 0.3 is 0 Å². The summed E-state index contributed by atoms with van der Waals surface area (Å²) in [5.41, 5.74) is 7.67. The Morgan fingerprint density at radius 2 is 1.90 bits per heavy atom. The van der Waals surface area contributed by atoms with Crippen LogP contribution in [0.1, 0.15) is 66.3 Å². The lowest BCUT2D eigenvalue weighted by atomic mass is 9.86. The molecule has 6 rings (SSSR count). The van der Waals surface area contributed by atoms with Gasteiger partial charge in [-0.1, -0.05) is 6.07 Å². The largest absolute Gasteiger partial charge is 0.341 e. The van der Waals surface area contributed by atoms with Crippen LogP contribution in [0.15, 0.2) is 36.7 Å². The van der Waals surface area contributed by atoms with Crippen LogP contribution >= 0.6 is 0 Å². The second-order valence-electron chi connectivity index (χ2n) is 11.3. The molecule has 3 aliphatic heterocycles. The van der Waals surface area contributed by atoms with E-state index in [0.717, 1.165) is 73.4 Å². The molecule has 9 heteroatoms. The van der Waals surface area contributed by atoms with E-state index < -0.39 is 6.43 Å². The summed E-state index contributed by atoms with van der Waals surface area (Å²) in [6.45, 7) is 5.65. The fraction of sp³-hybridized carbons (Fsp3) is 0.452. The number of likely N-dealkylation sites (tertiary alicyclic amines) is 1. The molecule has 1 aromatic heterocycles. The van der Waals surface area contributed by atoms with Crippen molar-refractivity contribution in [1.82, 2.24) is 19.6 Å². The summed E-state index contributed by atoms with van der Waals surface area (Å²) in [4.78, 5) is 18.6. The molecule has 2 aromatic carbocycles. The minimum Gasteiger partial charge on any atom is -0.341 e. The van der Waals surface area contributed by atoms with Crippen LogP contribution in [0.5, 0.6) is 0 Å².